The molecule has 0 unspecified atom stereocenters. The first-order valence-electron chi connectivity index (χ1n) is 11.7. The van der Waals surface area contributed by atoms with E-state index in [1.807, 2.05) is 12.1 Å². The number of aryl methyl sites for hydroxylation is 1. The molecule has 1 aromatic heterocycles. The van der Waals surface area contributed by atoms with Gasteiger partial charge in [0, 0.05) is 32.1 Å². The Kier molecular flexibility index (Phi) is 7.90. The first kappa shape index (κ1) is 25.6. The quantitative estimate of drug-likeness (QED) is 0.405. The minimum Gasteiger partial charge on any atom is -0.497 e. The third-order valence-corrected chi connectivity index (χ3v) is 8.07. The lowest BCUT2D eigenvalue weighted by Crippen LogP contribution is -2.28. The maximum absolute atomic E-state index is 13.0. The molecule has 0 bridgehead atoms. The molecule has 0 spiro atoms. The maximum atomic E-state index is 13.0. The Hall–Kier alpha value is -3.44. The van der Waals surface area contributed by atoms with Gasteiger partial charge in [0.1, 0.15) is 11.5 Å². The highest BCUT2D eigenvalue weighted by molar-refractivity contribution is 7.89. The summed E-state index contributed by atoms with van der Waals surface area (Å²) < 4.78 is 43.3. The van der Waals surface area contributed by atoms with Gasteiger partial charge in [-0.25, -0.2) is 8.42 Å². The summed E-state index contributed by atoms with van der Waals surface area (Å²) in [7, 11) is 1.22. The van der Waals surface area contributed by atoms with Gasteiger partial charge in [-0.05, 0) is 67.3 Å². The molecule has 0 N–H and O–H groups in total. The van der Waals surface area contributed by atoms with Crippen LogP contribution in [-0.4, -0.2) is 68.0 Å². The van der Waals surface area contributed by atoms with Gasteiger partial charge in [-0.3, -0.25) is 4.79 Å². The third-order valence-electron chi connectivity index (χ3n) is 6.18. The molecular weight excluding hydrogens is 484 g/mol. The normalized spacial score (nSPS) is 14.1. The minimum atomic E-state index is -3.56. The largest absolute Gasteiger partial charge is 0.497 e. The van der Waals surface area contributed by atoms with Crippen LogP contribution < -0.4 is 9.47 Å². The van der Waals surface area contributed by atoms with Gasteiger partial charge in [0.25, 0.3) is 0 Å². The van der Waals surface area contributed by atoms with Crippen molar-refractivity contribution < 1.29 is 27.2 Å². The highest BCUT2D eigenvalue weighted by atomic mass is 32.2. The molecular formula is C25H30N4O6S. The topological polar surface area (TPSA) is 115 Å². The monoisotopic (exact) mass is 514 g/mol. The van der Waals surface area contributed by atoms with Crippen molar-refractivity contribution in [3.8, 4) is 22.9 Å². The summed E-state index contributed by atoms with van der Waals surface area (Å²) in [6, 6.07) is 12.1. The molecule has 1 fully saturated rings. The number of aromatic nitrogens is 2. The van der Waals surface area contributed by atoms with Crippen LogP contribution in [0.4, 0.5) is 0 Å². The van der Waals surface area contributed by atoms with Crippen LogP contribution in [0.2, 0.25) is 0 Å². The van der Waals surface area contributed by atoms with E-state index in [-0.39, 0.29) is 23.8 Å². The van der Waals surface area contributed by atoms with Gasteiger partial charge in [-0.2, -0.15) is 9.29 Å². The fourth-order valence-corrected chi connectivity index (χ4v) is 5.66. The predicted octanol–water partition coefficient (Wildman–Crippen LogP) is 3.13. The second kappa shape index (κ2) is 11.1. The van der Waals surface area contributed by atoms with Crippen LogP contribution in [0.25, 0.3) is 11.4 Å². The van der Waals surface area contributed by atoms with Gasteiger partial charge >= 0.3 is 0 Å². The smallest absolute Gasteiger partial charge is 0.246 e. The number of ether oxygens (including phenoxy) is 2. The third kappa shape index (κ3) is 5.68. The second-order valence-electron chi connectivity index (χ2n) is 8.57. The van der Waals surface area contributed by atoms with Gasteiger partial charge in [0.05, 0.1) is 25.7 Å². The van der Waals surface area contributed by atoms with E-state index >= 15 is 0 Å². The van der Waals surface area contributed by atoms with Crippen molar-refractivity contribution in [2.24, 2.45) is 0 Å². The van der Waals surface area contributed by atoms with Crippen LogP contribution in [0, 0.1) is 0 Å². The summed E-state index contributed by atoms with van der Waals surface area (Å²) in [4.78, 5) is 18.9. The van der Waals surface area contributed by atoms with Crippen LogP contribution in [0.5, 0.6) is 11.5 Å². The van der Waals surface area contributed by atoms with Gasteiger partial charge < -0.3 is 18.9 Å². The van der Waals surface area contributed by atoms with Crippen LogP contribution in [0.3, 0.4) is 0 Å². The summed E-state index contributed by atoms with van der Waals surface area (Å²) in [5.74, 6) is 1.87. The van der Waals surface area contributed by atoms with Crippen LogP contribution in [0.1, 0.15) is 30.7 Å². The molecule has 2 aromatic carbocycles. The van der Waals surface area contributed by atoms with Crippen molar-refractivity contribution in [3.05, 3.63) is 53.9 Å². The number of sulfonamides is 1. The van der Waals surface area contributed by atoms with Crippen LogP contribution in [0.15, 0.2) is 51.9 Å². The van der Waals surface area contributed by atoms with Crippen molar-refractivity contribution in [2.45, 2.75) is 37.1 Å². The first-order valence-corrected chi connectivity index (χ1v) is 13.1. The zero-order chi connectivity index (χ0) is 25.7. The molecule has 11 heteroatoms. The van der Waals surface area contributed by atoms with E-state index in [2.05, 4.69) is 10.1 Å². The van der Waals surface area contributed by atoms with Crippen molar-refractivity contribution >= 4 is 15.9 Å². The van der Waals surface area contributed by atoms with Crippen LogP contribution >= 0.6 is 0 Å². The Morgan fingerprint density at radius 3 is 2.47 bits per heavy atom. The Bertz CT molecular complexity index is 1300. The number of carbonyl (C=O) groups is 1. The summed E-state index contributed by atoms with van der Waals surface area (Å²) >= 11 is 0. The van der Waals surface area contributed by atoms with E-state index in [9.17, 15) is 13.2 Å². The SMILES string of the molecule is COc1ccc(-c2noc(CN(C)C(=O)CCc3cc(S(=O)(=O)N4CCCC4)ccc3OC)n2)cc1. The van der Waals surface area contributed by atoms with E-state index < -0.39 is 10.0 Å². The Labute approximate surface area is 210 Å². The van der Waals surface area contributed by atoms with E-state index in [4.69, 9.17) is 14.0 Å². The molecule has 10 nitrogen and oxygen atoms in total. The summed E-state index contributed by atoms with van der Waals surface area (Å²) in [6.07, 6.45) is 2.23. The molecule has 0 aliphatic carbocycles. The molecule has 36 heavy (non-hydrogen) atoms. The molecule has 1 saturated heterocycles. The van der Waals surface area contributed by atoms with Gasteiger partial charge in [-0.1, -0.05) is 5.16 Å². The number of rotatable bonds is 10. The Morgan fingerprint density at radius 1 is 1.08 bits per heavy atom. The molecule has 192 valence electrons. The number of hydrogen-bond acceptors (Lipinski definition) is 8. The fraction of sp³-hybridized carbons (Fsp3) is 0.400. The molecule has 0 saturated carbocycles. The zero-order valence-electron chi connectivity index (χ0n) is 20.6. The van der Waals surface area contributed by atoms with Crippen molar-refractivity contribution in [2.75, 3.05) is 34.4 Å². The number of carbonyl (C=O) groups excluding carboxylic acids is 1. The van der Waals surface area contributed by atoms with Gasteiger partial charge in [-0.15, -0.1) is 0 Å². The number of amides is 1. The Balaban J connectivity index is 1.39. The molecule has 0 atom stereocenters. The summed E-state index contributed by atoms with van der Waals surface area (Å²) in [6.45, 7) is 1.22. The summed E-state index contributed by atoms with van der Waals surface area (Å²) in [5, 5.41) is 3.99. The highest BCUT2D eigenvalue weighted by Gasteiger charge is 2.28. The zero-order valence-corrected chi connectivity index (χ0v) is 21.5. The molecule has 4 rings (SSSR count). The van der Waals surface area contributed by atoms with Crippen molar-refractivity contribution in [1.29, 1.82) is 0 Å². The summed E-state index contributed by atoms with van der Waals surface area (Å²) in [5.41, 5.74) is 1.44. The fourth-order valence-electron chi connectivity index (χ4n) is 4.09. The second-order valence-corrected chi connectivity index (χ2v) is 10.5. The average molecular weight is 515 g/mol. The lowest BCUT2D eigenvalue weighted by atomic mass is 10.1. The number of benzene rings is 2. The van der Waals surface area contributed by atoms with Crippen LogP contribution in [-0.2, 0) is 27.8 Å². The number of hydrogen-bond donors (Lipinski definition) is 0. The lowest BCUT2D eigenvalue weighted by molar-refractivity contribution is -0.130. The molecule has 0 radical (unpaired) electrons. The molecule has 2 heterocycles. The van der Waals surface area contributed by atoms with Gasteiger partial charge in [0.15, 0.2) is 0 Å². The van der Waals surface area contributed by atoms with E-state index in [0.717, 1.165) is 24.2 Å². The van der Waals surface area contributed by atoms with Gasteiger partial charge in [0.2, 0.25) is 27.6 Å². The lowest BCUT2D eigenvalue weighted by Gasteiger charge is -2.18. The molecule has 3 aromatic rings. The predicted molar refractivity (Wildman–Crippen MR) is 132 cm³/mol. The maximum Gasteiger partial charge on any atom is 0.246 e. The van der Waals surface area contributed by atoms with E-state index in [1.54, 1.807) is 44.5 Å². The van der Waals surface area contributed by atoms with E-state index in [0.29, 0.717) is 42.5 Å². The standard InChI is InChI=1S/C25H30N4O6S/c1-28(17-23-26-25(27-35-23)18-6-9-20(33-2)10-7-18)24(30)13-8-19-16-21(11-12-22(19)34-3)36(31,32)29-14-4-5-15-29/h6-7,9-12,16H,4-5,8,13-15,17H2,1-3H3. The minimum absolute atomic E-state index is 0.144. The molecule has 1 amide bonds. The average Bonchev–Trinajstić information content (AvgIpc) is 3.60. The Morgan fingerprint density at radius 2 is 1.81 bits per heavy atom. The van der Waals surface area contributed by atoms with E-state index in [1.165, 1.54) is 16.3 Å². The van der Waals surface area contributed by atoms with Crippen molar-refractivity contribution in [1.82, 2.24) is 19.3 Å². The molecule has 1 aliphatic rings. The number of methoxy groups -OCH3 is 2. The highest BCUT2D eigenvalue weighted by Crippen LogP contribution is 2.27. The molecule has 1 aliphatic heterocycles. The first-order chi connectivity index (χ1) is 17.3. The van der Waals surface area contributed by atoms with Crippen molar-refractivity contribution in [3.63, 3.8) is 0 Å². The number of nitrogens with zero attached hydrogens (tertiary/aromatic N) is 4.